The molecule has 0 saturated carbocycles. The molecule has 0 aliphatic rings. The fourth-order valence-corrected chi connectivity index (χ4v) is 5.18. The fraction of sp³-hybridized carbons (Fsp3) is 0.500. The molecule has 1 amide bonds. The summed E-state index contributed by atoms with van der Waals surface area (Å²) < 4.78 is 26.5. The average Bonchev–Trinajstić information content (AvgIpc) is 2.74. The van der Waals surface area contributed by atoms with Crippen LogP contribution in [0.4, 0.5) is 0 Å². The molecule has 8 heteroatoms. The molecule has 1 N–H and O–H groups in total. The lowest BCUT2D eigenvalue weighted by Gasteiger charge is -2.19. The molecule has 0 bridgehead atoms. The van der Waals surface area contributed by atoms with Crippen LogP contribution in [0.1, 0.15) is 6.92 Å². The summed E-state index contributed by atoms with van der Waals surface area (Å²) in [6.45, 7) is 1.83. The highest BCUT2D eigenvalue weighted by Gasteiger charge is 2.27. The second-order valence-corrected chi connectivity index (χ2v) is 7.87. The Morgan fingerprint density at radius 3 is 2.67 bits per heavy atom. The quantitative estimate of drug-likeness (QED) is 0.871. The van der Waals surface area contributed by atoms with Gasteiger partial charge in [0.25, 0.3) is 10.0 Å². The predicted molar refractivity (Wildman–Crippen MR) is 75.1 cm³/mol. The van der Waals surface area contributed by atoms with Crippen molar-refractivity contribution >= 4 is 43.2 Å². The molecule has 1 unspecified atom stereocenters. The lowest BCUT2D eigenvalue weighted by Crippen LogP contribution is -2.37. The topological polar surface area (TPSA) is 66.5 Å². The van der Waals surface area contributed by atoms with Crippen LogP contribution in [0, 0.1) is 5.92 Å². The molecule has 0 spiro atoms. The Morgan fingerprint density at radius 2 is 2.22 bits per heavy atom. The molecule has 1 heterocycles. The second kappa shape index (κ2) is 6.14. The number of amides is 1. The Morgan fingerprint density at radius 1 is 1.61 bits per heavy atom. The Labute approximate surface area is 119 Å². The standard InChI is InChI=1S/C10H15BrN2O3S2/c1-7(9(14)12-2)6-13(3)18(15,16)10-8(11)4-5-17-10/h4-5,7H,6H2,1-3H3,(H,12,14). The van der Waals surface area contributed by atoms with E-state index in [9.17, 15) is 13.2 Å². The van der Waals surface area contributed by atoms with Gasteiger partial charge in [-0.1, -0.05) is 6.92 Å². The van der Waals surface area contributed by atoms with Gasteiger partial charge in [0, 0.05) is 31.0 Å². The van der Waals surface area contributed by atoms with E-state index in [0.29, 0.717) is 4.47 Å². The van der Waals surface area contributed by atoms with Crippen molar-refractivity contribution in [3.05, 3.63) is 15.9 Å². The van der Waals surface area contributed by atoms with E-state index >= 15 is 0 Å². The zero-order chi connectivity index (χ0) is 13.9. The number of halogens is 1. The molecular formula is C10H15BrN2O3S2. The summed E-state index contributed by atoms with van der Waals surface area (Å²) in [5.41, 5.74) is 0. The lowest BCUT2D eigenvalue weighted by atomic mass is 10.2. The largest absolute Gasteiger partial charge is 0.359 e. The van der Waals surface area contributed by atoms with E-state index in [1.807, 2.05) is 0 Å². The third-order valence-electron chi connectivity index (χ3n) is 2.45. The number of rotatable bonds is 5. The molecule has 5 nitrogen and oxygen atoms in total. The number of thiophene rings is 1. The van der Waals surface area contributed by atoms with Crippen molar-refractivity contribution in [1.82, 2.24) is 9.62 Å². The highest BCUT2D eigenvalue weighted by atomic mass is 79.9. The predicted octanol–water partition coefficient (Wildman–Crippen LogP) is 1.51. The van der Waals surface area contributed by atoms with Crippen LogP contribution in [0.3, 0.4) is 0 Å². The van der Waals surface area contributed by atoms with Crippen molar-refractivity contribution in [3.8, 4) is 0 Å². The van der Waals surface area contributed by atoms with E-state index in [0.717, 1.165) is 11.3 Å². The maximum atomic E-state index is 12.2. The van der Waals surface area contributed by atoms with E-state index in [2.05, 4.69) is 21.2 Å². The summed E-state index contributed by atoms with van der Waals surface area (Å²) in [6.07, 6.45) is 0. The van der Waals surface area contributed by atoms with Gasteiger partial charge in [-0.3, -0.25) is 4.79 Å². The minimum Gasteiger partial charge on any atom is -0.359 e. The van der Waals surface area contributed by atoms with Crippen molar-refractivity contribution in [3.63, 3.8) is 0 Å². The zero-order valence-electron chi connectivity index (χ0n) is 10.3. The number of sulfonamides is 1. The van der Waals surface area contributed by atoms with Crippen LogP contribution in [0.15, 0.2) is 20.1 Å². The number of nitrogens with zero attached hydrogens (tertiary/aromatic N) is 1. The van der Waals surface area contributed by atoms with Crippen LogP contribution in [0.25, 0.3) is 0 Å². The van der Waals surface area contributed by atoms with Crippen LogP contribution in [0.2, 0.25) is 0 Å². The third-order valence-corrected chi connectivity index (χ3v) is 6.92. The van der Waals surface area contributed by atoms with Crippen LogP contribution in [0.5, 0.6) is 0 Å². The normalized spacial score (nSPS) is 13.6. The molecule has 0 saturated heterocycles. The first-order chi connectivity index (χ1) is 8.30. The van der Waals surface area contributed by atoms with E-state index in [1.54, 1.807) is 18.4 Å². The van der Waals surface area contributed by atoms with Crippen molar-refractivity contribution in [2.24, 2.45) is 5.92 Å². The molecule has 0 aromatic carbocycles. The maximum Gasteiger partial charge on any atom is 0.253 e. The number of carbonyl (C=O) groups is 1. The average molecular weight is 355 g/mol. The van der Waals surface area contributed by atoms with Gasteiger partial charge in [0.05, 0.1) is 0 Å². The summed E-state index contributed by atoms with van der Waals surface area (Å²) in [6, 6.07) is 1.69. The molecule has 1 aromatic heterocycles. The molecule has 1 atom stereocenters. The molecule has 0 radical (unpaired) electrons. The monoisotopic (exact) mass is 354 g/mol. The third kappa shape index (κ3) is 3.31. The zero-order valence-corrected chi connectivity index (χ0v) is 13.5. The van der Waals surface area contributed by atoms with Crippen molar-refractivity contribution < 1.29 is 13.2 Å². The van der Waals surface area contributed by atoms with Gasteiger partial charge >= 0.3 is 0 Å². The highest BCUT2D eigenvalue weighted by Crippen LogP contribution is 2.29. The van der Waals surface area contributed by atoms with Crippen LogP contribution in [-0.4, -0.2) is 39.3 Å². The van der Waals surface area contributed by atoms with Crippen LogP contribution >= 0.6 is 27.3 Å². The Hall–Kier alpha value is -0.440. The van der Waals surface area contributed by atoms with Crippen LogP contribution in [-0.2, 0) is 14.8 Å². The van der Waals surface area contributed by atoms with Crippen molar-refractivity contribution in [1.29, 1.82) is 0 Å². The fourth-order valence-electron chi connectivity index (χ4n) is 1.42. The Bertz CT molecular complexity index is 527. The molecule has 18 heavy (non-hydrogen) atoms. The summed E-state index contributed by atoms with van der Waals surface area (Å²) >= 11 is 4.35. The van der Waals surface area contributed by atoms with Gasteiger partial charge in [-0.15, -0.1) is 11.3 Å². The van der Waals surface area contributed by atoms with E-state index in [-0.39, 0.29) is 16.7 Å². The van der Waals surface area contributed by atoms with Crippen LogP contribution < -0.4 is 5.32 Å². The lowest BCUT2D eigenvalue weighted by molar-refractivity contribution is -0.124. The van der Waals surface area contributed by atoms with Gasteiger partial charge in [0.15, 0.2) is 0 Å². The molecule has 0 fully saturated rings. The summed E-state index contributed by atoms with van der Waals surface area (Å²) in [4.78, 5) is 11.4. The summed E-state index contributed by atoms with van der Waals surface area (Å²) in [5.74, 6) is -0.573. The first-order valence-corrected chi connectivity index (χ1v) is 8.33. The molecule has 0 aliphatic carbocycles. The van der Waals surface area contributed by atoms with Gasteiger partial charge < -0.3 is 5.32 Å². The maximum absolute atomic E-state index is 12.2. The SMILES string of the molecule is CNC(=O)C(C)CN(C)S(=O)(=O)c1sccc1Br. The van der Waals surface area contributed by atoms with E-state index < -0.39 is 15.9 Å². The molecule has 1 rings (SSSR count). The van der Waals surface area contributed by atoms with Gasteiger partial charge in [-0.25, -0.2) is 8.42 Å². The van der Waals surface area contributed by atoms with Gasteiger partial charge in [-0.05, 0) is 27.4 Å². The number of carbonyl (C=O) groups excluding carboxylic acids is 1. The first-order valence-electron chi connectivity index (χ1n) is 5.21. The number of hydrogen-bond acceptors (Lipinski definition) is 4. The van der Waals surface area contributed by atoms with E-state index in [1.165, 1.54) is 18.4 Å². The van der Waals surface area contributed by atoms with Gasteiger partial charge in [-0.2, -0.15) is 4.31 Å². The molecule has 1 aromatic rings. The Balaban J connectivity index is 2.88. The van der Waals surface area contributed by atoms with Crippen molar-refractivity contribution in [2.45, 2.75) is 11.1 Å². The summed E-state index contributed by atoms with van der Waals surface area (Å²) in [7, 11) is -0.534. The molecule has 102 valence electrons. The number of nitrogens with one attached hydrogen (secondary N) is 1. The van der Waals surface area contributed by atoms with Crippen molar-refractivity contribution in [2.75, 3.05) is 20.6 Å². The van der Waals surface area contributed by atoms with E-state index in [4.69, 9.17) is 0 Å². The minimum absolute atomic E-state index is 0.145. The second-order valence-electron chi connectivity index (χ2n) is 3.86. The molecule has 0 aliphatic heterocycles. The number of hydrogen-bond donors (Lipinski definition) is 1. The minimum atomic E-state index is -3.54. The molecular weight excluding hydrogens is 340 g/mol. The smallest absolute Gasteiger partial charge is 0.253 e. The highest BCUT2D eigenvalue weighted by molar-refractivity contribution is 9.10. The van der Waals surface area contributed by atoms with Gasteiger partial charge in [0.2, 0.25) is 5.91 Å². The Kier molecular flexibility index (Phi) is 5.32. The summed E-state index contributed by atoms with van der Waals surface area (Å²) in [5, 5.41) is 4.20. The first kappa shape index (κ1) is 15.6. The van der Waals surface area contributed by atoms with Gasteiger partial charge in [0.1, 0.15) is 4.21 Å².